The van der Waals surface area contributed by atoms with Crippen LogP contribution in [-0.4, -0.2) is 5.88 Å². The minimum atomic E-state index is 0.466. The monoisotopic (exact) mass is 236 g/mol. The van der Waals surface area contributed by atoms with Gasteiger partial charge in [0.2, 0.25) is 0 Å². The van der Waals surface area contributed by atoms with Crippen molar-refractivity contribution < 1.29 is 0 Å². The highest BCUT2D eigenvalue weighted by molar-refractivity contribution is 6.33. The average Bonchev–Trinajstić information content (AvgIpc) is 2.16. The summed E-state index contributed by atoms with van der Waals surface area (Å²) < 4.78 is 0. The van der Waals surface area contributed by atoms with Crippen LogP contribution in [0.5, 0.6) is 0 Å². The lowest BCUT2D eigenvalue weighted by Crippen LogP contribution is -1.91. The van der Waals surface area contributed by atoms with Gasteiger partial charge in [0.05, 0.1) is 0 Å². The summed E-state index contributed by atoms with van der Waals surface area (Å²) in [6, 6.07) is 5.94. The maximum atomic E-state index is 6.12. The van der Waals surface area contributed by atoms with Crippen molar-refractivity contribution in [2.75, 3.05) is 5.88 Å². The Morgan fingerprint density at radius 1 is 1.08 bits per heavy atom. The first-order chi connectivity index (χ1) is 6.29. The molecule has 3 heteroatoms. The Bertz CT molecular complexity index is 271. The van der Waals surface area contributed by atoms with E-state index in [4.69, 9.17) is 34.8 Å². The van der Waals surface area contributed by atoms with Crippen molar-refractivity contribution in [2.45, 2.75) is 18.7 Å². The largest absolute Gasteiger partial charge is 0.127 e. The molecule has 0 bridgehead atoms. The summed E-state index contributed by atoms with van der Waals surface area (Å²) in [5, 5.41) is 0.794. The molecule has 0 fully saturated rings. The third kappa shape index (κ3) is 3.05. The minimum Gasteiger partial charge on any atom is -0.127 e. The molecule has 0 N–H and O–H groups in total. The Hall–Kier alpha value is 0.0900. The van der Waals surface area contributed by atoms with Gasteiger partial charge in [0.25, 0.3) is 0 Å². The van der Waals surface area contributed by atoms with Gasteiger partial charge >= 0.3 is 0 Å². The lowest BCUT2D eigenvalue weighted by atomic mass is 10.1. The molecule has 0 spiro atoms. The highest BCUT2D eigenvalue weighted by Gasteiger charge is 2.04. The van der Waals surface area contributed by atoms with E-state index in [0.717, 1.165) is 29.0 Å². The topological polar surface area (TPSA) is 0 Å². The molecule has 0 saturated carbocycles. The molecule has 0 aliphatic heterocycles. The van der Waals surface area contributed by atoms with E-state index in [-0.39, 0.29) is 0 Å². The van der Waals surface area contributed by atoms with Gasteiger partial charge in [0.15, 0.2) is 0 Å². The summed E-state index contributed by atoms with van der Waals surface area (Å²) in [6.45, 7) is 0. The van der Waals surface area contributed by atoms with Crippen LogP contribution in [0.3, 0.4) is 0 Å². The smallest absolute Gasteiger partial charge is 0.0488 e. The van der Waals surface area contributed by atoms with Crippen LogP contribution in [0.2, 0.25) is 5.02 Å². The van der Waals surface area contributed by atoms with Gasteiger partial charge < -0.3 is 0 Å². The number of hydrogen-bond donors (Lipinski definition) is 0. The Morgan fingerprint density at radius 2 is 1.77 bits per heavy atom. The van der Waals surface area contributed by atoms with E-state index in [1.807, 2.05) is 18.2 Å². The van der Waals surface area contributed by atoms with Crippen molar-refractivity contribution in [3.8, 4) is 0 Å². The van der Waals surface area contributed by atoms with Gasteiger partial charge in [-0.25, -0.2) is 0 Å². The highest BCUT2D eigenvalue weighted by atomic mass is 35.5. The first-order valence-electron chi connectivity index (χ1n) is 4.17. The fourth-order valence-corrected chi connectivity index (χ4v) is 1.90. The second-order valence-electron chi connectivity index (χ2n) is 2.82. The number of rotatable bonds is 4. The van der Waals surface area contributed by atoms with Crippen molar-refractivity contribution >= 4 is 34.8 Å². The third-order valence-electron chi connectivity index (χ3n) is 1.88. The van der Waals surface area contributed by atoms with Crippen LogP contribution in [-0.2, 0) is 12.3 Å². The molecule has 0 radical (unpaired) electrons. The van der Waals surface area contributed by atoms with E-state index in [0.29, 0.717) is 11.8 Å². The Labute approximate surface area is 93.8 Å². The van der Waals surface area contributed by atoms with E-state index in [1.165, 1.54) is 0 Å². The van der Waals surface area contributed by atoms with E-state index < -0.39 is 0 Å². The fraction of sp³-hybridized carbons (Fsp3) is 0.400. The number of benzene rings is 1. The first kappa shape index (κ1) is 11.2. The summed E-state index contributed by atoms with van der Waals surface area (Å²) in [5.74, 6) is 1.13. The predicted molar refractivity (Wildman–Crippen MR) is 60.1 cm³/mol. The molecular weight excluding hydrogens is 226 g/mol. The zero-order valence-corrected chi connectivity index (χ0v) is 9.46. The molecular formula is C10H11Cl3. The highest BCUT2D eigenvalue weighted by Crippen LogP contribution is 2.23. The number of halogens is 3. The van der Waals surface area contributed by atoms with Gasteiger partial charge in [-0.15, -0.1) is 23.2 Å². The molecule has 0 atom stereocenters. The predicted octanol–water partition coefficient (Wildman–Crippen LogP) is 4.25. The maximum absolute atomic E-state index is 6.12. The van der Waals surface area contributed by atoms with Crippen molar-refractivity contribution in [1.82, 2.24) is 0 Å². The molecule has 1 aromatic carbocycles. The van der Waals surface area contributed by atoms with Crippen LogP contribution in [0.4, 0.5) is 0 Å². The number of alkyl halides is 2. The van der Waals surface area contributed by atoms with Gasteiger partial charge in [-0.1, -0.05) is 29.8 Å². The molecule has 0 aliphatic rings. The molecule has 0 aromatic heterocycles. The molecule has 1 rings (SSSR count). The second-order valence-corrected chi connectivity index (χ2v) is 3.84. The van der Waals surface area contributed by atoms with Crippen molar-refractivity contribution in [3.05, 3.63) is 34.3 Å². The van der Waals surface area contributed by atoms with Gasteiger partial charge in [0.1, 0.15) is 0 Å². The van der Waals surface area contributed by atoms with Crippen LogP contribution in [0.15, 0.2) is 18.2 Å². The molecule has 0 saturated heterocycles. The normalized spacial score (nSPS) is 10.4. The van der Waals surface area contributed by atoms with Crippen LogP contribution in [0, 0.1) is 0 Å². The zero-order valence-electron chi connectivity index (χ0n) is 7.19. The lowest BCUT2D eigenvalue weighted by molar-refractivity contribution is 0.927. The van der Waals surface area contributed by atoms with Gasteiger partial charge in [-0.05, 0) is 24.0 Å². The maximum Gasteiger partial charge on any atom is 0.0488 e. The molecule has 13 heavy (non-hydrogen) atoms. The lowest BCUT2D eigenvalue weighted by Gasteiger charge is -2.06. The summed E-state index contributed by atoms with van der Waals surface area (Å²) >= 11 is 17.5. The van der Waals surface area contributed by atoms with Crippen LogP contribution < -0.4 is 0 Å². The first-order valence-corrected chi connectivity index (χ1v) is 5.62. The van der Waals surface area contributed by atoms with E-state index in [2.05, 4.69) is 0 Å². The molecule has 72 valence electrons. The van der Waals surface area contributed by atoms with E-state index in [9.17, 15) is 0 Å². The van der Waals surface area contributed by atoms with Crippen LogP contribution in [0.25, 0.3) is 0 Å². The Kier molecular flexibility index (Phi) is 4.93. The van der Waals surface area contributed by atoms with Gasteiger partial charge in [0, 0.05) is 16.8 Å². The van der Waals surface area contributed by atoms with Gasteiger partial charge in [-0.3, -0.25) is 0 Å². The van der Waals surface area contributed by atoms with E-state index in [1.54, 1.807) is 0 Å². The summed E-state index contributed by atoms with van der Waals surface area (Å²) in [5.41, 5.74) is 2.14. The van der Waals surface area contributed by atoms with Gasteiger partial charge in [-0.2, -0.15) is 0 Å². The number of hydrogen-bond acceptors (Lipinski definition) is 0. The average molecular weight is 238 g/mol. The molecule has 0 unspecified atom stereocenters. The zero-order chi connectivity index (χ0) is 9.68. The molecule has 0 nitrogen and oxygen atoms in total. The summed E-state index contributed by atoms with van der Waals surface area (Å²) in [7, 11) is 0. The SMILES string of the molecule is ClCCCc1cccc(CCl)c1Cl. The van der Waals surface area contributed by atoms with Crippen molar-refractivity contribution in [1.29, 1.82) is 0 Å². The standard InChI is InChI=1S/C10H11Cl3/c11-6-2-5-8-3-1-4-9(7-12)10(8)13/h1,3-4H,2,5-7H2. The molecule has 0 amide bonds. The van der Waals surface area contributed by atoms with Crippen molar-refractivity contribution in [2.24, 2.45) is 0 Å². The quantitative estimate of drug-likeness (QED) is 0.687. The molecule has 0 heterocycles. The fourth-order valence-electron chi connectivity index (χ4n) is 1.19. The van der Waals surface area contributed by atoms with Crippen molar-refractivity contribution in [3.63, 3.8) is 0 Å². The molecule has 1 aromatic rings. The summed E-state index contributed by atoms with van der Waals surface area (Å²) in [4.78, 5) is 0. The number of aryl methyl sites for hydroxylation is 1. The van der Waals surface area contributed by atoms with Crippen LogP contribution in [0.1, 0.15) is 17.5 Å². The molecule has 0 aliphatic carbocycles. The second kappa shape index (κ2) is 5.74. The Balaban J connectivity index is 2.81. The van der Waals surface area contributed by atoms with Crippen LogP contribution >= 0.6 is 34.8 Å². The Morgan fingerprint density at radius 3 is 2.38 bits per heavy atom. The summed E-state index contributed by atoms with van der Waals surface area (Å²) in [6.07, 6.45) is 1.88. The third-order valence-corrected chi connectivity index (χ3v) is 2.92. The van der Waals surface area contributed by atoms with E-state index >= 15 is 0 Å². The minimum absolute atomic E-state index is 0.466.